The minimum Gasteiger partial charge on any atom is -0.369 e. The van der Waals surface area contributed by atoms with Crippen LogP contribution in [0, 0.1) is 6.92 Å². The van der Waals surface area contributed by atoms with Crippen LogP contribution in [0.3, 0.4) is 0 Å². The van der Waals surface area contributed by atoms with E-state index in [4.69, 9.17) is 0 Å². The molecule has 1 fully saturated rings. The molecule has 0 radical (unpaired) electrons. The van der Waals surface area contributed by atoms with E-state index in [1.54, 1.807) is 0 Å². The van der Waals surface area contributed by atoms with Crippen LogP contribution in [0.5, 0.6) is 0 Å². The number of carbonyl (C=O) groups excluding carboxylic acids is 1. The first-order valence-electron chi connectivity index (χ1n) is 6.55. The van der Waals surface area contributed by atoms with E-state index in [1.165, 1.54) is 31.4 Å². The summed E-state index contributed by atoms with van der Waals surface area (Å²) in [5.41, 5.74) is 3.15. The van der Waals surface area contributed by atoms with Gasteiger partial charge < -0.3 is 4.90 Å². The maximum Gasteiger partial charge on any atom is 0.150 e. The molecular formula is C15H21NO. The van der Waals surface area contributed by atoms with E-state index in [0.717, 1.165) is 24.0 Å². The maximum absolute atomic E-state index is 10.8. The second-order valence-corrected chi connectivity index (χ2v) is 5.05. The zero-order valence-corrected chi connectivity index (χ0v) is 10.8. The van der Waals surface area contributed by atoms with Crippen molar-refractivity contribution in [2.24, 2.45) is 0 Å². The molecule has 1 aliphatic rings. The van der Waals surface area contributed by atoms with Gasteiger partial charge in [-0.1, -0.05) is 12.8 Å². The second kappa shape index (κ2) is 5.35. The molecule has 0 amide bonds. The highest BCUT2D eigenvalue weighted by molar-refractivity contribution is 5.78. The first-order valence-corrected chi connectivity index (χ1v) is 6.55. The second-order valence-electron chi connectivity index (χ2n) is 5.05. The van der Waals surface area contributed by atoms with Crippen LogP contribution in [0.15, 0.2) is 18.2 Å². The molecule has 1 aromatic carbocycles. The average Bonchev–Trinajstić information content (AvgIpc) is 2.54. The van der Waals surface area contributed by atoms with E-state index in [1.807, 2.05) is 13.0 Å². The van der Waals surface area contributed by atoms with Gasteiger partial charge in [0, 0.05) is 23.8 Å². The van der Waals surface area contributed by atoms with Crippen molar-refractivity contribution in [1.82, 2.24) is 0 Å². The van der Waals surface area contributed by atoms with E-state index in [9.17, 15) is 4.79 Å². The monoisotopic (exact) mass is 231 g/mol. The van der Waals surface area contributed by atoms with Gasteiger partial charge in [0.1, 0.15) is 6.29 Å². The minimum atomic E-state index is 0.610. The summed E-state index contributed by atoms with van der Waals surface area (Å²) in [4.78, 5) is 13.3. The maximum atomic E-state index is 10.8. The molecule has 2 heteroatoms. The molecule has 0 spiro atoms. The highest BCUT2D eigenvalue weighted by Crippen LogP contribution is 2.25. The van der Waals surface area contributed by atoms with Crippen molar-refractivity contribution in [3.8, 4) is 0 Å². The van der Waals surface area contributed by atoms with Gasteiger partial charge >= 0.3 is 0 Å². The average molecular weight is 231 g/mol. The van der Waals surface area contributed by atoms with Gasteiger partial charge in [-0.3, -0.25) is 4.79 Å². The summed E-state index contributed by atoms with van der Waals surface area (Å²) < 4.78 is 0. The van der Waals surface area contributed by atoms with Crippen molar-refractivity contribution in [2.75, 3.05) is 11.4 Å². The minimum absolute atomic E-state index is 0.610. The van der Waals surface area contributed by atoms with Gasteiger partial charge in [0.05, 0.1) is 0 Å². The van der Waals surface area contributed by atoms with Gasteiger partial charge in [-0.05, 0) is 50.5 Å². The topological polar surface area (TPSA) is 20.3 Å². The molecule has 17 heavy (non-hydrogen) atoms. The van der Waals surface area contributed by atoms with Crippen molar-refractivity contribution in [3.63, 3.8) is 0 Å². The number of hydrogen-bond acceptors (Lipinski definition) is 2. The van der Waals surface area contributed by atoms with Gasteiger partial charge in [0.25, 0.3) is 0 Å². The zero-order chi connectivity index (χ0) is 12.3. The van der Waals surface area contributed by atoms with Crippen LogP contribution >= 0.6 is 0 Å². The Bertz CT molecular complexity index is 400. The number of hydrogen-bond donors (Lipinski definition) is 0. The van der Waals surface area contributed by atoms with Gasteiger partial charge in [0.15, 0.2) is 0 Å². The van der Waals surface area contributed by atoms with E-state index in [0.29, 0.717) is 6.04 Å². The SMILES string of the molecule is Cc1cc(N2CCCCCC2C)ccc1C=O. The fourth-order valence-electron chi connectivity index (χ4n) is 2.63. The number of benzene rings is 1. The van der Waals surface area contributed by atoms with Crippen molar-refractivity contribution in [3.05, 3.63) is 29.3 Å². The van der Waals surface area contributed by atoms with Crippen LogP contribution < -0.4 is 4.90 Å². The van der Waals surface area contributed by atoms with Crippen LogP contribution in [0.2, 0.25) is 0 Å². The summed E-state index contributed by atoms with van der Waals surface area (Å²) in [7, 11) is 0. The molecule has 1 aliphatic heterocycles. The highest BCUT2D eigenvalue weighted by Gasteiger charge is 2.17. The van der Waals surface area contributed by atoms with Gasteiger partial charge in [0.2, 0.25) is 0 Å². The molecule has 0 bridgehead atoms. The lowest BCUT2D eigenvalue weighted by molar-refractivity contribution is 0.112. The normalized spacial score (nSPS) is 21.1. The quantitative estimate of drug-likeness (QED) is 0.725. The zero-order valence-electron chi connectivity index (χ0n) is 10.8. The van der Waals surface area contributed by atoms with E-state index in [2.05, 4.69) is 24.0 Å². The Morgan fingerprint density at radius 2 is 2.12 bits per heavy atom. The predicted octanol–water partition coefficient (Wildman–Crippen LogP) is 3.58. The third-order valence-electron chi connectivity index (χ3n) is 3.76. The summed E-state index contributed by atoms with van der Waals surface area (Å²) in [5.74, 6) is 0. The molecule has 2 nitrogen and oxygen atoms in total. The number of nitrogens with zero attached hydrogens (tertiary/aromatic N) is 1. The molecular weight excluding hydrogens is 210 g/mol. The lowest BCUT2D eigenvalue weighted by Gasteiger charge is -2.29. The Hall–Kier alpha value is -1.31. The van der Waals surface area contributed by atoms with Crippen molar-refractivity contribution >= 4 is 12.0 Å². The van der Waals surface area contributed by atoms with Gasteiger partial charge in [-0.15, -0.1) is 0 Å². The van der Waals surface area contributed by atoms with Crippen molar-refractivity contribution in [2.45, 2.75) is 45.6 Å². The van der Waals surface area contributed by atoms with Crippen molar-refractivity contribution < 1.29 is 4.79 Å². The number of carbonyl (C=O) groups is 1. The molecule has 1 heterocycles. The number of aryl methyl sites for hydroxylation is 1. The van der Waals surface area contributed by atoms with E-state index >= 15 is 0 Å². The van der Waals surface area contributed by atoms with Gasteiger partial charge in [-0.2, -0.15) is 0 Å². The molecule has 1 unspecified atom stereocenters. The first kappa shape index (κ1) is 12.2. The Balaban J connectivity index is 2.25. The molecule has 2 rings (SSSR count). The fourth-order valence-corrected chi connectivity index (χ4v) is 2.63. The molecule has 0 aromatic heterocycles. The Morgan fingerprint density at radius 1 is 1.29 bits per heavy atom. The third kappa shape index (κ3) is 2.68. The lowest BCUT2D eigenvalue weighted by Crippen LogP contribution is -2.32. The molecule has 0 aliphatic carbocycles. The third-order valence-corrected chi connectivity index (χ3v) is 3.76. The van der Waals surface area contributed by atoms with Crippen LogP contribution in [-0.4, -0.2) is 18.9 Å². The Kier molecular flexibility index (Phi) is 3.82. The molecule has 92 valence electrons. The molecule has 1 atom stereocenters. The smallest absolute Gasteiger partial charge is 0.150 e. The Labute approximate surface area is 104 Å². The summed E-state index contributed by atoms with van der Waals surface area (Å²) in [5, 5.41) is 0. The summed E-state index contributed by atoms with van der Waals surface area (Å²) in [6.45, 7) is 5.45. The van der Waals surface area contributed by atoms with E-state index in [-0.39, 0.29) is 0 Å². The van der Waals surface area contributed by atoms with Crippen LogP contribution in [0.25, 0.3) is 0 Å². The highest BCUT2D eigenvalue weighted by atomic mass is 16.1. The molecule has 0 saturated carbocycles. The molecule has 1 saturated heterocycles. The van der Waals surface area contributed by atoms with E-state index < -0.39 is 0 Å². The van der Waals surface area contributed by atoms with Crippen LogP contribution in [0.4, 0.5) is 5.69 Å². The van der Waals surface area contributed by atoms with Gasteiger partial charge in [-0.25, -0.2) is 0 Å². The molecule has 0 N–H and O–H groups in total. The summed E-state index contributed by atoms with van der Waals surface area (Å²) in [6.07, 6.45) is 6.16. The molecule has 1 aromatic rings. The Morgan fingerprint density at radius 3 is 2.82 bits per heavy atom. The van der Waals surface area contributed by atoms with Crippen LogP contribution in [-0.2, 0) is 0 Å². The fraction of sp³-hybridized carbons (Fsp3) is 0.533. The number of anilines is 1. The number of rotatable bonds is 2. The first-order chi connectivity index (χ1) is 8.22. The van der Waals surface area contributed by atoms with Crippen LogP contribution in [0.1, 0.15) is 48.5 Å². The van der Waals surface area contributed by atoms with Crippen molar-refractivity contribution in [1.29, 1.82) is 0 Å². The predicted molar refractivity (Wildman–Crippen MR) is 71.8 cm³/mol. The summed E-state index contributed by atoms with van der Waals surface area (Å²) >= 11 is 0. The number of aldehydes is 1. The largest absolute Gasteiger partial charge is 0.369 e. The standard InChI is InChI=1S/C15H21NO/c1-12-10-15(8-7-14(12)11-17)16-9-5-3-4-6-13(16)2/h7-8,10-11,13H,3-6,9H2,1-2H3. The summed E-state index contributed by atoms with van der Waals surface area (Å²) in [6, 6.07) is 6.78. The lowest BCUT2D eigenvalue weighted by atomic mass is 10.1.